The van der Waals surface area contributed by atoms with Gasteiger partial charge in [0.05, 0.1) is 10.6 Å². The standard InChI is InChI=1S/C21H19N3OS/c25-20(10-5-15-11-13-22-14-12-15)23-17-8-6-16(7-9-17)21-24-18-3-1-2-4-19(18)26-21/h2,4,6-9,11-14H,1,3,5,10H2,(H,23,25). The minimum absolute atomic E-state index is 0.0180. The van der Waals surface area contributed by atoms with Crippen LogP contribution in [0, 0.1) is 0 Å². The van der Waals surface area contributed by atoms with Gasteiger partial charge in [0.2, 0.25) is 5.91 Å². The number of hydrogen-bond acceptors (Lipinski definition) is 4. The predicted octanol–water partition coefficient (Wildman–Crippen LogP) is 4.74. The Labute approximate surface area is 156 Å². The zero-order chi connectivity index (χ0) is 17.8. The van der Waals surface area contributed by atoms with Crippen LogP contribution >= 0.6 is 11.3 Å². The Morgan fingerprint density at radius 3 is 2.69 bits per heavy atom. The maximum absolute atomic E-state index is 12.1. The second-order valence-corrected chi connectivity index (χ2v) is 7.28. The number of aryl methyl sites for hydroxylation is 2. The molecular weight excluding hydrogens is 342 g/mol. The summed E-state index contributed by atoms with van der Waals surface area (Å²) >= 11 is 1.72. The number of benzene rings is 1. The lowest BCUT2D eigenvalue weighted by Gasteiger charge is -2.06. The SMILES string of the molecule is O=C(CCc1ccncc1)Nc1ccc(-c2nc3c(s2)C=CCC3)cc1. The maximum atomic E-state index is 12.1. The average molecular weight is 361 g/mol. The molecule has 4 nitrogen and oxygen atoms in total. The number of allylic oxidation sites excluding steroid dienone is 1. The zero-order valence-corrected chi connectivity index (χ0v) is 15.1. The van der Waals surface area contributed by atoms with Gasteiger partial charge in [-0.15, -0.1) is 11.3 Å². The number of nitrogens with one attached hydrogen (secondary N) is 1. The van der Waals surface area contributed by atoms with E-state index >= 15 is 0 Å². The van der Waals surface area contributed by atoms with Gasteiger partial charge in [-0.05, 0) is 67.3 Å². The van der Waals surface area contributed by atoms with E-state index in [9.17, 15) is 4.79 Å². The molecule has 130 valence electrons. The van der Waals surface area contributed by atoms with E-state index in [2.05, 4.69) is 22.5 Å². The summed E-state index contributed by atoms with van der Waals surface area (Å²) in [6.45, 7) is 0. The van der Waals surface area contributed by atoms with Crippen LogP contribution in [0.5, 0.6) is 0 Å². The lowest BCUT2D eigenvalue weighted by Crippen LogP contribution is -2.12. The Balaban J connectivity index is 1.37. The second-order valence-electron chi connectivity index (χ2n) is 6.25. The van der Waals surface area contributed by atoms with Gasteiger partial charge in [-0.2, -0.15) is 0 Å². The van der Waals surface area contributed by atoms with Gasteiger partial charge < -0.3 is 5.32 Å². The van der Waals surface area contributed by atoms with Gasteiger partial charge in [0.25, 0.3) is 0 Å². The van der Waals surface area contributed by atoms with Crippen molar-refractivity contribution in [3.05, 3.63) is 71.0 Å². The van der Waals surface area contributed by atoms with Gasteiger partial charge in [0, 0.05) is 30.1 Å². The molecule has 0 fully saturated rings. The quantitative estimate of drug-likeness (QED) is 0.714. The van der Waals surface area contributed by atoms with Gasteiger partial charge in [0.15, 0.2) is 0 Å². The first kappa shape index (κ1) is 16.7. The highest BCUT2D eigenvalue weighted by Gasteiger charge is 2.13. The Kier molecular flexibility index (Phi) is 4.88. The summed E-state index contributed by atoms with van der Waals surface area (Å²) in [7, 11) is 0. The molecule has 4 rings (SSSR count). The summed E-state index contributed by atoms with van der Waals surface area (Å²) in [5.74, 6) is 0.0180. The fourth-order valence-corrected chi connectivity index (χ4v) is 3.98. The third-order valence-corrected chi connectivity index (χ3v) is 5.46. The summed E-state index contributed by atoms with van der Waals surface area (Å²) in [5.41, 5.74) is 4.22. The summed E-state index contributed by atoms with van der Waals surface area (Å²) in [6, 6.07) is 11.8. The van der Waals surface area contributed by atoms with Crippen LogP contribution in [0.4, 0.5) is 5.69 Å². The fraction of sp³-hybridized carbons (Fsp3) is 0.190. The number of carbonyl (C=O) groups excluding carboxylic acids is 1. The van der Waals surface area contributed by atoms with Crippen molar-refractivity contribution >= 4 is 29.0 Å². The Hall–Kier alpha value is -2.79. The van der Waals surface area contributed by atoms with Crippen LogP contribution < -0.4 is 5.32 Å². The molecule has 1 aliphatic rings. The third kappa shape index (κ3) is 3.89. The van der Waals surface area contributed by atoms with Crippen molar-refractivity contribution in [2.24, 2.45) is 0 Å². The highest BCUT2D eigenvalue weighted by atomic mass is 32.1. The number of nitrogens with zero attached hydrogens (tertiary/aromatic N) is 2. The molecule has 0 saturated heterocycles. The zero-order valence-electron chi connectivity index (χ0n) is 14.3. The van der Waals surface area contributed by atoms with Crippen molar-refractivity contribution in [1.29, 1.82) is 0 Å². The van der Waals surface area contributed by atoms with Crippen LogP contribution in [0.15, 0.2) is 54.9 Å². The van der Waals surface area contributed by atoms with Crippen molar-refractivity contribution in [1.82, 2.24) is 9.97 Å². The topological polar surface area (TPSA) is 54.9 Å². The number of thiazole rings is 1. The van der Waals surface area contributed by atoms with Gasteiger partial charge >= 0.3 is 0 Å². The number of fused-ring (bicyclic) bond motifs is 1. The van der Waals surface area contributed by atoms with Crippen LogP contribution in [0.3, 0.4) is 0 Å². The van der Waals surface area contributed by atoms with Crippen molar-refractivity contribution in [3.63, 3.8) is 0 Å². The number of aromatic nitrogens is 2. The first-order valence-electron chi connectivity index (χ1n) is 8.73. The summed E-state index contributed by atoms with van der Waals surface area (Å²) < 4.78 is 0. The molecule has 1 aromatic carbocycles. The van der Waals surface area contributed by atoms with Crippen LogP contribution in [0.25, 0.3) is 16.6 Å². The highest BCUT2D eigenvalue weighted by Crippen LogP contribution is 2.32. The Bertz CT molecular complexity index is 930. The summed E-state index contributed by atoms with van der Waals surface area (Å²) in [4.78, 5) is 22.1. The minimum atomic E-state index is 0.0180. The molecule has 1 aliphatic carbocycles. The molecule has 1 amide bonds. The van der Waals surface area contributed by atoms with Gasteiger partial charge in [-0.25, -0.2) is 4.98 Å². The number of pyridine rings is 1. The molecule has 0 saturated carbocycles. The molecule has 0 radical (unpaired) electrons. The van der Waals surface area contributed by atoms with E-state index in [1.807, 2.05) is 36.4 Å². The Morgan fingerprint density at radius 2 is 1.92 bits per heavy atom. The molecule has 0 unspecified atom stereocenters. The molecule has 5 heteroatoms. The number of amides is 1. The summed E-state index contributed by atoms with van der Waals surface area (Å²) in [5, 5.41) is 4.00. The van der Waals surface area contributed by atoms with Crippen LogP contribution in [0.2, 0.25) is 0 Å². The Morgan fingerprint density at radius 1 is 1.12 bits per heavy atom. The van der Waals surface area contributed by atoms with Crippen LogP contribution in [-0.4, -0.2) is 15.9 Å². The van der Waals surface area contributed by atoms with Crippen molar-refractivity contribution in [2.45, 2.75) is 25.7 Å². The van der Waals surface area contributed by atoms with E-state index in [0.717, 1.165) is 34.7 Å². The molecule has 3 aromatic rings. The van der Waals surface area contributed by atoms with E-state index in [-0.39, 0.29) is 5.91 Å². The third-order valence-electron chi connectivity index (χ3n) is 4.35. The molecule has 0 aliphatic heterocycles. The van der Waals surface area contributed by atoms with E-state index in [4.69, 9.17) is 4.98 Å². The molecule has 2 aromatic heterocycles. The minimum Gasteiger partial charge on any atom is -0.326 e. The molecule has 0 atom stereocenters. The van der Waals surface area contributed by atoms with E-state index in [1.165, 1.54) is 10.6 Å². The summed E-state index contributed by atoms with van der Waals surface area (Å²) in [6.07, 6.45) is 11.1. The number of carbonyl (C=O) groups is 1. The molecular formula is C21H19N3OS. The predicted molar refractivity (Wildman–Crippen MR) is 106 cm³/mol. The number of rotatable bonds is 5. The lowest BCUT2D eigenvalue weighted by molar-refractivity contribution is -0.116. The first-order chi connectivity index (χ1) is 12.8. The first-order valence-corrected chi connectivity index (χ1v) is 9.55. The maximum Gasteiger partial charge on any atom is 0.224 e. The monoisotopic (exact) mass is 361 g/mol. The van der Waals surface area contributed by atoms with Crippen LogP contribution in [0.1, 0.15) is 29.0 Å². The van der Waals surface area contributed by atoms with Crippen molar-refractivity contribution in [2.75, 3.05) is 5.32 Å². The smallest absolute Gasteiger partial charge is 0.224 e. The highest BCUT2D eigenvalue weighted by molar-refractivity contribution is 7.16. The molecule has 1 N–H and O–H groups in total. The van der Waals surface area contributed by atoms with Gasteiger partial charge in [-0.3, -0.25) is 9.78 Å². The number of anilines is 1. The second kappa shape index (κ2) is 7.62. The van der Waals surface area contributed by atoms with Gasteiger partial charge in [-0.1, -0.05) is 6.08 Å². The van der Waals surface area contributed by atoms with Gasteiger partial charge in [0.1, 0.15) is 5.01 Å². The lowest BCUT2D eigenvalue weighted by atomic mass is 10.1. The normalized spacial score (nSPS) is 12.6. The fourth-order valence-electron chi connectivity index (χ4n) is 2.93. The van der Waals surface area contributed by atoms with E-state index in [0.29, 0.717) is 12.8 Å². The van der Waals surface area contributed by atoms with Crippen LogP contribution in [-0.2, 0) is 17.6 Å². The molecule has 26 heavy (non-hydrogen) atoms. The largest absolute Gasteiger partial charge is 0.326 e. The van der Waals surface area contributed by atoms with Crippen molar-refractivity contribution in [3.8, 4) is 10.6 Å². The molecule has 2 heterocycles. The number of hydrogen-bond donors (Lipinski definition) is 1. The molecule has 0 spiro atoms. The van der Waals surface area contributed by atoms with Crippen molar-refractivity contribution < 1.29 is 4.79 Å². The van der Waals surface area contributed by atoms with E-state index in [1.54, 1.807) is 23.7 Å². The van der Waals surface area contributed by atoms with E-state index < -0.39 is 0 Å². The average Bonchev–Trinajstić information content (AvgIpc) is 3.12. The molecule has 0 bridgehead atoms.